The maximum atomic E-state index is 5.75. The number of ether oxygens (including phenoxy) is 2. The summed E-state index contributed by atoms with van der Waals surface area (Å²) in [6.07, 6.45) is 7.78. The molecule has 0 aromatic carbocycles. The van der Waals surface area contributed by atoms with E-state index in [2.05, 4.69) is 26.1 Å². The van der Waals surface area contributed by atoms with Crippen molar-refractivity contribution in [3.63, 3.8) is 0 Å². The molecule has 2 rings (SSSR count). The van der Waals surface area contributed by atoms with E-state index in [0.717, 1.165) is 51.4 Å². The van der Waals surface area contributed by atoms with Crippen LogP contribution in [0.3, 0.4) is 0 Å². The van der Waals surface area contributed by atoms with Gasteiger partial charge in [0.1, 0.15) is 0 Å². The van der Waals surface area contributed by atoms with Gasteiger partial charge < -0.3 is 14.8 Å². The summed E-state index contributed by atoms with van der Waals surface area (Å²) in [7, 11) is 0. The molecule has 3 heteroatoms. The third-order valence-corrected chi connectivity index (χ3v) is 5.23. The Bertz CT molecular complexity index is 273. The Balaban J connectivity index is 1.44. The Morgan fingerprint density at radius 1 is 1.10 bits per heavy atom. The monoisotopic (exact) mass is 297 g/mol. The van der Waals surface area contributed by atoms with Crippen LogP contribution < -0.4 is 5.32 Å². The van der Waals surface area contributed by atoms with Gasteiger partial charge in [0, 0.05) is 25.2 Å². The number of hydrogen-bond donors (Lipinski definition) is 1. The van der Waals surface area contributed by atoms with Crippen molar-refractivity contribution in [1.82, 2.24) is 5.32 Å². The molecule has 1 aliphatic carbocycles. The van der Waals surface area contributed by atoms with Crippen LogP contribution in [0.5, 0.6) is 0 Å². The van der Waals surface area contributed by atoms with Gasteiger partial charge in [0.05, 0.1) is 13.2 Å². The van der Waals surface area contributed by atoms with Crippen LogP contribution in [0.15, 0.2) is 0 Å². The summed E-state index contributed by atoms with van der Waals surface area (Å²) in [5, 5.41) is 3.72. The van der Waals surface area contributed by atoms with Crippen LogP contribution in [0, 0.1) is 17.3 Å². The summed E-state index contributed by atoms with van der Waals surface area (Å²) in [6, 6.07) is 0.742. The normalized spacial score (nSPS) is 30.7. The van der Waals surface area contributed by atoms with Gasteiger partial charge in [-0.15, -0.1) is 0 Å². The highest BCUT2D eigenvalue weighted by atomic mass is 16.5. The van der Waals surface area contributed by atoms with Gasteiger partial charge in [-0.1, -0.05) is 20.8 Å². The van der Waals surface area contributed by atoms with E-state index in [-0.39, 0.29) is 0 Å². The molecule has 1 heterocycles. The molecule has 0 aromatic rings. The van der Waals surface area contributed by atoms with Gasteiger partial charge in [-0.3, -0.25) is 0 Å². The van der Waals surface area contributed by atoms with Crippen LogP contribution in [0.4, 0.5) is 0 Å². The van der Waals surface area contributed by atoms with Crippen LogP contribution in [-0.4, -0.2) is 39.0 Å². The molecule has 21 heavy (non-hydrogen) atoms. The molecule has 0 amide bonds. The summed E-state index contributed by atoms with van der Waals surface area (Å²) in [5.41, 5.74) is 0.489. The molecule has 3 nitrogen and oxygen atoms in total. The maximum Gasteiger partial charge on any atom is 0.0517 e. The molecule has 1 atom stereocenters. The molecule has 2 aliphatic rings. The predicted molar refractivity (Wildman–Crippen MR) is 87.6 cm³/mol. The summed E-state index contributed by atoms with van der Waals surface area (Å²) in [6.45, 7) is 11.9. The van der Waals surface area contributed by atoms with Crippen molar-refractivity contribution in [3.05, 3.63) is 0 Å². The van der Waals surface area contributed by atoms with Crippen LogP contribution in [-0.2, 0) is 9.47 Å². The fraction of sp³-hybridized carbons (Fsp3) is 1.00. The fourth-order valence-electron chi connectivity index (χ4n) is 3.61. The standard InChI is InChI=1S/C18H35NO2/c1-18(2,3)16-5-7-17(8-6-16)19-10-4-11-20-13-15-9-12-21-14-15/h15-17,19H,4-14H2,1-3H3/t15-,16?,17?/m1/s1. The SMILES string of the molecule is CC(C)(C)C1CCC(NCCCOC[C@H]2CCOC2)CC1. The van der Waals surface area contributed by atoms with E-state index in [9.17, 15) is 0 Å². The molecule has 124 valence electrons. The Kier molecular flexibility index (Phi) is 6.97. The summed E-state index contributed by atoms with van der Waals surface area (Å²) in [5.74, 6) is 1.55. The van der Waals surface area contributed by atoms with Gasteiger partial charge in [-0.2, -0.15) is 0 Å². The zero-order valence-electron chi connectivity index (χ0n) is 14.3. The van der Waals surface area contributed by atoms with Crippen molar-refractivity contribution in [2.75, 3.05) is 33.0 Å². The first kappa shape index (κ1) is 17.2. The fourth-order valence-corrected chi connectivity index (χ4v) is 3.61. The minimum atomic E-state index is 0.489. The average Bonchev–Trinajstić information content (AvgIpc) is 2.95. The van der Waals surface area contributed by atoms with Crippen LogP contribution in [0.1, 0.15) is 59.3 Å². The molecule has 0 unspecified atom stereocenters. The summed E-state index contributed by atoms with van der Waals surface area (Å²) < 4.78 is 11.1. The van der Waals surface area contributed by atoms with Gasteiger partial charge in [0.15, 0.2) is 0 Å². The maximum absolute atomic E-state index is 5.75. The molecule has 1 saturated carbocycles. The van der Waals surface area contributed by atoms with Crippen molar-refractivity contribution < 1.29 is 9.47 Å². The van der Waals surface area contributed by atoms with Crippen molar-refractivity contribution in [2.45, 2.75) is 65.3 Å². The zero-order valence-corrected chi connectivity index (χ0v) is 14.3. The molecule has 2 fully saturated rings. The molecule has 0 bridgehead atoms. The van der Waals surface area contributed by atoms with E-state index >= 15 is 0 Å². The first-order valence-electron chi connectivity index (χ1n) is 8.94. The smallest absolute Gasteiger partial charge is 0.0517 e. The van der Waals surface area contributed by atoms with Crippen molar-refractivity contribution in [2.24, 2.45) is 17.3 Å². The number of hydrogen-bond acceptors (Lipinski definition) is 3. The molecule has 0 aromatic heterocycles. The molecule has 1 saturated heterocycles. The van der Waals surface area contributed by atoms with Crippen LogP contribution in [0.2, 0.25) is 0 Å². The highest BCUT2D eigenvalue weighted by Crippen LogP contribution is 2.37. The van der Waals surface area contributed by atoms with E-state index in [1.165, 1.54) is 32.1 Å². The van der Waals surface area contributed by atoms with Gasteiger partial charge in [-0.25, -0.2) is 0 Å². The lowest BCUT2D eigenvalue weighted by Gasteiger charge is -2.37. The molecule has 0 spiro atoms. The second-order valence-corrected chi connectivity index (χ2v) is 8.03. The first-order chi connectivity index (χ1) is 10.1. The third-order valence-electron chi connectivity index (χ3n) is 5.23. The highest BCUT2D eigenvalue weighted by Gasteiger charge is 2.29. The lowest BCUT2D eigenvalue weighted by atomic mass is 9.71. The Morgan fingerprint density at radius 3 is 2.48 bits per heavy atom. The largest absolute Gasteiger partial charge is 0.381 e. The summed E-state index contributed by atoms with van der Waals surface area (Å²) >= 11 is 0. The number of nitrogens with one attached hydrogen (secondary N) is 1. The van der Waals surface area contributed by atoms with Crippen molar-refractivity contribution in [3.8, 4) is 0 Å². The molecule has 0 radical (unpaired) electrons. The molecular formula is C18H35NO2. The van der Waals surface area contributed by atoms with Gasteiger partial charge in [0.25, 0.3) is 0 Å². The van der Waals surface area contributed by atoms with E-state index in [1.54, 1.807) is 0 Å². The second kappa shape index (κ2) is 8.50. The van der Waals surface area contributed by atoms with Crippen molar-refractivity contribution in [1.29, 1.82) is 0 Å². The quantitative estimate of drug-likeness (QED) is 0.728. The van der Waals surface area contributed by atoms with E-state index in [4.69, 9.17) is 9.47 Å². The Morgan fingerprint density at radius 2 is 1.86 bits per heavy atom. The number of rotatable bonds is 7. The second-order valence-electron chi connectivity index (χ2n) is 8.03. The highest BCUT2D eigenvalue weighted by molar-refractivity contribution is 4.83. The van der Waals surface area contributed by atoms with E-state index in [1.807, 2.05) is 0 Å². The Hall–Kier alpha value is -0.120. The zero-order chi connectivity index (χ0) is 15.1. The van der Waals surface area contributed by atoms with Crippen LogP contribution >= 0.6 is 0 Å². The minimum Gasteiger partial charge on any atom is -0.381 e. The van der Waals surface area contributed by atoms with Gasteiger partial charge in [-0.05, 0) is 56.4 Å². The summed E-state index contributed by atoms with van der Waals surface area (Å²) in [4.78, 5) is 0. The van der Waals surface area contributed by atoms with Crippen molar-refractivity contribution >= 4 is 0 Å². The predicted octanol–water partition coefficient (Wildman–Crippen LogP) is 3.62. The lowest BCUT2D eigenvalue weighted by molar-refractivity contribution is 0.0872. The molecular weight excluding hydrogens is 262 g/mol. The van der Waals surface area contributed by atoms with Crippen LogP contribution in [0.25, 0.3) is 0 Å². The van der Waals surface area contributed by atoms with E-state index < -0.39 is 0 Å². The molecule has 1 aliphatic heterocycles. The third kappa shape index (κ3) is 6.25. The minimum absolute atomic E-state index is 0.489. The van der Waals surface area contributed by atoms with Gasteiger partial charge in [0.2, 0.25) is 0 Å². The average molecular weight is 297 g/mol. The van der Waals surface area contributed by atoms with E-state index in [0.29, 0.717) is 11.3 Å². The molecule has 1 N–H and O–H groups in total. The topological polar surface area (TPSA) is 30.5 Å². The first-order valence-corrected chi connectivity index (χ1v) is 8.94. The van der Waals surface area contributed by atoms with Gasteiger partial charge >= 0.3 is 0 Å². The lowest BCUT2D eigenvalue weighted by Crippen LogP contribution is -2.36. The Labute approximate surface area is 131 Å².